The van der Waals surface area contributed by atoms with Crippen molar-refractivity contribution in [3.63, 3.8) is 0 Å². The smallest absolute Gasteiger partial charge is 0.123 e. The summed E-state index contributed by atoms with van der Waals surface area (Å²) >= 11 is 1.81. The molecule has 0 radical (unpaired) electrons. The average Bonchev–Trinajstić information content (AvgIpc) is 3.16. The maximum Gasteiger partial charge on any atom is 0.123 e. The maximum absolute atomic E-state index is 5.65. The van der Waals surface area contributed by atoms with Crippen LogP contribution in [0.15, 0.2) is 66.9 Å². The van der Waals surface area contributed by atoms with E-state index in [4.69, 9.17) is 4.74 Å². The quantitative estimate of drug-likeness (QED) is 0.412. The standard InChI is InChI=1S/C23H25NOS/c1-3-5-7-22-17-24-23(26-22)20-10-8-18(9-11-20)19-12-14-21(15-13-19)25-16-6-4-2/h4,6,8-15,17H,3,5,7,16H2,1-2H3. The first-order valence-electron chi connectivity index (χ1n) is 9.19. The molecule has 0 atom stereocenters. The van der Waals surface area contributed by atoms with E-state index in [9.17, 15) is 0 Å². The lowest BCUT2D eigenvalue weighted by atomic mass is 10.0. The predicted octanol–water partition coefficient (Wildman–Crippen LogP) is 6.77. The van der Waals surface area contributed by atoms with Gasteiger partial charge in [0.2, 0.25) is 0 Å². The van der Waals surface area contributed by atoms with Crippen molar-refractivity contribution in [2.75, 3.05) is 6.61 Å². The Balaban J connectivity index is 1.68. The number of benzene rings is 2. The minimum absolute atomic E-state index is 0.610. The van der Waals surface area contributed by atoms with Crippen molar-refractivity contribution in [1.29, 1.82) is 0 Å². The van der Waals surface area contributed by atoms with E-state index >= 15 is 0 Å². The SMILES string of the molecule is CC=CCOc1ccc(-c2ccc(-c3ncc(CCCC)s3)cc2)cc1. The minimum Gasteiger partial charge on any atom is -0.490 e. The van der Waals surface area contributed by atoms with Crippen LogP contribution in [0.2, 0.25) is 0 Å². The van der Waals surface area contributed by atoms with Crippen LogP contribution in [-0.2, 0) is 6.42 Å². The molecule has 3 rings (SSSR count). The number of aromatic nitrogens is 1. The highest BCUT2D eigenvalue weighted by atomic mass is 32.1. The first kappa shape index (κ1) is 18.4. The van der Waals surface area contributed by atoms with Gasteiger partial charge in [-0.1, -0.05) is 61.9 Å². The van der Waals surface area contributed by atoms with Crippen LogP contribution in [0.25, 0.3) is 21.7 Å². The van der Waals surface area contributed by atoms with Crippen LogP contribution in [0, 0.1) is 0 Å². The van der Waals surface area contributed by atoms with E-state index in [1.54, 1.807) is 11.3 Å². The van der Waals surface area contributed by atoms with Gasteiger partial charge in [0.25, 0.3) is 0 Å². The Morgan fingerprint density at radius 3 is 2.27 bits per heavy atom. The van der Waals surface area contributed by atoms with Gasteiger partial charge in [0.05, 0.1) is 0 Å². The van der Waals surface area contributed by atoms with Gasteiger partial charge >= 0.3 is 0 Å². The molecule has 0 unspecified atom stereocenters. The molecule has 3 aromatic rings. The fourth-order valence-electron chi connectivity index (χ4n) is 2.70. The number of hydrogen-bond donors (Lipinski definition) is 0. The zero-order chi connectivity index (χ0) is 18.2. The molecule has 0 bridgehead atoms. The summed E-state index contributed by atoms with van der Waals surface area (Å²) in [6.07, 6.45) is 9.60. The third-order valence-electron chi connectivity index (χ3n) is 4.23. The zero-order valence-corrected chi connectivity index (χ0v) is 16.3. The monoisotopic (exact) mass is 363 g/mol. The minimum atomic E-state index is 0.610. The molecule has 1 heterocycles. The van der Waals surface area contributed by atoms with Gasteiger partial charge in [-0.25, -0.2) is 4.98 Å². The number of nitrogens with zero attached hydrogens (tertiary/aromatic N) is 1. The van der Waals surface area contributed by atoms with Crippen LogP contribution < -0.4 is 4.74 Å². The van der Waals surface area contributed by atoms with Crippen molar-refractivity contribution in [2.24, 2.45) is 0 Å². The molecule has 0 fully saturated rings. The van der Waals surface area contributed by atoms with Crippen LogP contribution in [0.3, 0.4) is 0 Å². The third kappa shape index (κ3) is 4.83. The first-order valence-corrected chi connectivity index (χ1v) is 10.0. The second-order valence-electron chi connectivity index (χ2n) is 6.22. The van der Waals surface area contributed by atoms with Crippen molar-refractivity contribution in [1.82, 2.24) is 4.98 Å². The average molecular weight is 364 g/mol. The highest BCUT2D eigenvalue weighted by Crippen LogP contribution is 2.29. The molecule has 2 aromatic carbocycles. The highest BCUT2D eigenvalue weighted by molar-refractivity contribution is 7.15. The summed E-state index contributed by atoms with van der Waals surface area (Å²) in [6.45, 7) is 4.83. The molecule has 26 heavy (non-hydrogen) atoms. The summed E-state index contributed by atoms with van der Waals surface area (Å²) in [5, 5.41) is 1.11. The van der Waals surface area contributed by atoms with E-state index in [0.29, 0.717) is 6.61 Å². The van der Waals surface area contributed by atoms with Gasteiger partial charge in [0.15, 0.2) is 0 Å². The second-order valence-corrected chi connectivity index (χ2v) is 7.33. The second kappa shape index (κ2) is 9.35. The van der Waals surface area contributed by atoms with Crippen molar-refractivity contribution in [3.05, 3.63) is 71.8 Å². The van der Waals surface area contributed by atoms with Gasteiger partial charge in [-0.2, -0.15) is 0 Å². The number of hydrogen-bond acceptors (Lipinski definition) is 3. The molecule has 0 N–H and O–H groups in total. The topological polar surface area (TPSA) is 22.1 Å². The summed E-state index contributed by atoms with van der Waals surface area (Å²) in [4.78, 5) is 5.96. The van der Waals surface area contributed by atoms with Crippen molar-refractivity contribution in [3.8, 4) is 27.4 Å². The summed E-state index contributed by atoms with van der Waals surface area (Å²) in [5.74, 6) is 0.894. The molecule has 0 aliphatic heterocycles. The first-order chi connectivity index (χ1) is 12.8. The number of thiazole rings is 1. The largest absolute Gasteiger partial charge is 0.490 e. The molecule has 0 saturated carbocycles. The Morgan fingerprint density at radius 2 is 1.62 bits per heavy atom. The van der Waals surface area contributed by atoms with Crippen molar-refractivity contribution in [2.45, 2.75) is 33.1 Å². The summed E-state index contributed by atoms with van der Waals surface area (Å²) in [7, 11) is 0. The van der Waals surface area contributed by atoms with E-state index in [2.05, 4.69) is 48.3 Å². The molecule has 2 nitrogen and oxygen atoms in total. The fraction of sp³-hybridized carbons (Fsp3) is 0.261. The van der Waals surface area contributed by atoms with E-state index < -0.39 is 0 Å². The number of ether oxygens (including phenoxy) is 1. The molecule has 0 aliphatic carbocycles. The molecule has 0 aliphatic rings. The molecule has 0 spiro atoms. The van der Waals surface area contributed by atoms with Crippen LogP contribution in [0.5, 0.6) is 5.75 Å². The lowest BCUT2D eigenvalue weighted by Crippen LogP contribution is -1.92. The Hall–Kier alpha value is -2.39. The number of unbranched alkanes of at least 4 members (excludes halogenated alkanes) is 1. The van der Waals surface area contributed by atoms with E-state index in [-0.39, 0.29) is 0 Å². The Bertz CT molecular complexity index is 831. The summed E-state index contributed by atoms with van der Waals surface area (Å²) in [5.41, 5.74) is 3.59. The molecule has 0 saturated heterocycles. The predicted molar refractivity (Wildman–Crippen MR) is 112 cm³/mol. The fourth-order valence-corrected chi connectivity index (χ4v) is 3.66. The summed E-state index contributed by atoms with van der Waals surface area (Å²) < 4.78 is 5.65. The van der Waals surface area contributed by atoms with Crippen LogP contribution in [-0.4, -0.2) is 11.6 Å². The van der Waals surface area contributed by atoms with Gasteiger partial charge in [0, 0.05) is 16.6 Å². The Kier molecular flexibility index (Phi) is 6.62. The van der Waals surface area contributed by atoms with Gasteiger partial charge in [-0.15, -0.1) is 11.3 Å². The third-order valence-corrected chi connectivity index (χ3v) is 5.34. The van der Waals surface area contributed by atoms with Crippen LogP contribution in [0.1, 0.15) is 31.6 Å². The van der Waals surface area contributed by atoms with Gasteiger partial charge in [0.1, 0.15) is 17.4 Å². The molecule has 134 valence electrons. The highest BCUT2D eigenvalue weighted by Gasteiger charge is 2.06. The molecule has 0 amide bonds. The van der Waals surface area contributed by atoms with E-state index in [1.165, 1.54) is 34.4 Å². The van der Waals surface area contributed by atoms with Crippen LogP contribution >= 0.6 is 11.3 Å². The molecule has 3 heteroatoms. The summed E-state index contributed by atoms with van der Waals surface area (Å²) in [6, 6.07) is 16.9. The van der Waals surface area contributed by atoms with Gasteiger partial charge in [-0.05, 0) is 43.0 Å². The van der Waals surface area contributed by atoms with Gasteiger partial charge < -0.3 is 4.74 Å². The molecular weight excluding hydrogens is 338 g/mol. The Labute approximate surface area is 160 Å². The lowest BCUT2D eigenvalue weighted by molar-refractivity contribution is 0.363. The van der Waals surface area contributed by atoms with Crippen molar-refractivity contribution < 1.29 is 4.74 Å². The maximum atomic E-state index is 5.65. The number of rotatable bonds is 8. The molecule has 1 aromatic heterocycles. The van der Waals surface area contributed by atoms with Crippen molar-refractivity contribution >= 4 is 11.3 Å². The van der Waals surface area contributed by atoms with E-state index in [1.807, 2.05) is 37.4 Å². The molecular formula is C23H25NOS. The number of allylic oxidation sites excluding steroid dienone is 1. The lowest BCUT2D eigenvalue weighted by Gasteiger charge is -2.06. The van der Waals surface area contributed by atoms with Gasteiger partial charge in [-0.3, -0.25) is 0 Å². The number of aryl methyl sites for hydroxylation is 1. The Morgan fingerprint density at radius 1 is 0.962 bits per heavy atom. The normalized spacial score (nSPS) is 11.2. The van der Waals surface area contributed by atoms with E-state index in [0.717, 1.165) is 17.2 Å². The zero-order valence-electron chi connectivity index (χ0n) is 15.4. The van der Waals surface area contributed by atoms with Crippen LogP contribution in [0.4, 0.5) is 0 Å².